The molecule has 0 saturated heterocycles. The monoisotopic (exact) mass is 151 g/mol. The topological polar surface area (TPSA) is 49.3 Å². The fourth-order valence-corrected chi connectivity index (χ4v) is 0.791. The van der Waals surface area contributed by atoms with E-state index < -0.39 is 0 Å². The van der Waals surface area contributed by atoms with Crippen molar-refractivity contribution in [3.05, 3.63) is 29.8 Å². The van der Waals surface area contributed by atoms with Crippen molar-refractivity contribution in [3.63, 3.8) is 0 Å². The van der Waals surface area contributed by atoms with E-state index in [4.69, 9.17) is 5.11 Å². The summed E-state index contributed by atoms with van der Waals surface area (Å²) in [6, 6.07) is 6.20. The second kappa shape index (κ2) is 3.05. The number of nitrogens with one attached hydrogen (secondary N) is 1. The molecule has 0 atom stereocenters. The molecule has 0 bridgehead atoms. The molecule has 1 rings (SSSR count). The van der Waals surface area contributed by atoms with Gasteiger partial charge >= 0.3 is 0 Å². The molecule has 0 saturated carbocycles. The Labute approximate surface area is 64.7 Å². The van der Waals surface area contributed by atoms with E-state index in [0.717, 1.165) is 0 Å². The van der Waals surface area contributed by atoms with Gasteiger partial charge in [-0.2, -0.15) is 0 Å². The lowest BCUT2D eigenvalue weighted by molar-refractivity contribution is 0.0962. The number of hydrogen-bond donors (Lipinski definition) is 2. The minimum Gasteiger partial charge on any atom is -0.508 e. The first-order chi connectivity index (χ1) is 5.24. The number of phenolic OH excluding ortho intramolecular Hbond substituents is 1. The smallest absolute Gasteiger partial charge is 0.251 e. The van der Waals surface area contributed by atoms with Crippen molar-refractivity contribution in [2.24, 2.45) is 0 Å². The quantitative estimate of drug-likeness (QED) is 0.622. The maximum Gasteiger partial charge on any atom is 0.251 e. The van der Waals surface area contributed by atoms with E-state index in [9.17, 15) is 4.79 Å². The molecule has 0 spiro atoms. The van der Waals surface area contributed by atoms with Crippen LogP contribution in [-0.4, -0.2) is 18.1 Å². The van der Waals surface area contributed by atoms with Gasteiger partial charge in [-0.3, -0.25) is 4.79 Å². The van der Waals surface area contributed by atoms with Gasteiger partial charge in [-0.15, -0.1) is 0 Å². The van der Waals surface area contributed by atoms with E-state index in [-0.39, 0.29) is 11.7 Å². The third-order valence-corrected chi connectivity index (χ3v) is 1.34. The molecule has 0 aromatic heterocycles. The predicted molar refractivity (Wildman–Crippen MR) is 41.5 cm³/mol. The van der Waals surface area contributed by atoms with Crippen molar-refractivity contribution in [1.29, 1.82) is 0 Å². The summed E-state index contributed by atoms with van der Waals surface area (Å²) in [7, 11) is 1.55. The number of hydrogen-bond acceptors (Lipinski definition) is 2. The van der Waals surface area contributed by atoms with Crippen LogP contribution in [-0.2, 0) is 0 Å². The van der Waals surface area contributed by atoms with Crippen LogP contribution in [0.1, 0.15) is 10.4 Å². The third-order valence-electron chi connectivity index (χ3n) is 1.34. The molecular formula is C8H9NO2. The first kappa shape index (κ1) is 7.60. The largest absolute Gasteiger partial charge is 0.508 e. The van der Waals surface area contributed by atoms with Gasteiger partial charge in [0.1, 0.15) is 5.75 Å². The first-order valence-electron chi connectivity index (χ1n) is 3.25. The molecule has 0 aliphatic heterocycles. The van der Waals surface area contributed by atoms with Crippen molar-refractivity contribution in [2.45, 2.75) is 0 Å². The van der Waals surface area contributed by atoms with Crippen LogP contribution >= 0.6 is 0 Å². The minimum absolute atomic E-state index is 0.103. The molecule has 0 aliphatic carbocycles. The SMILES string of the molecule is CNC(=O)c1cccc(O)c1. The van der Waals surface area contributed by atoms with Crippen LogP contribution in [0.4, 0.5) is 0 Å². The third kappa shape index (κ3) is 1.70. The van der Waals surface area contributed by atoms with Gasteiger partial charge in [0.05, 0.1) is 0 Å². The Hall–Kier alpha value is -1.51. The Morgan fingerprint density at radius 3 is 2.82 bits per heavy atom. The Kier molecular flexibility index (Phi) is 2.11. The molecular weight excluding hydrogens is 142 g/mol. The van der Waals surface area contributed by atoms with E-state index in [2.05, 4.69) is 5.32 Å². The van der Waals surface area contributed by atoms with Crippen molar-refractivity contribution >= 4 is 5.91 Å². The predicted octanol–water partition coefficient (Wildman–Crippen LogP) is 0.752. The van der Waals surface area contributed by atoms with E-state index in [0.29, 0.717) is 5.56 Å². The molecule has 0 radical (unpaired) electrons. The molecule has 1 aromatic carbocycles. The Balaban J connectivity index is 2.96. The summed E-state index contributed by atoms with van der Waals surface area (Å²) < 4.78 is 0. The second-order valence-electron chi connectivity index (χ2n) is 2.13. The van der Waals surface area contributed by atoms with E-state index in [1.54, 1.807) is 19.2 Å². The fraction of sp³-hybridized carbons (Fsp3) is 0.125. The number of amides is 1. The van der Waals surface area contributed by atoms with Gasteiger partial charge < -0.3 is 10.4 Å². The van der Waals surface area contributed by atoms with Gasteiger partial charge in [0.25, 0.3) is 5.91 Å². The van der Waals surface area contributed by atoms with Crippen LogP contribution in [0.2, 0.25) is 0 Å². The molecule has 58 valence electrons. The molecule has 0 aliphatic rings. The molecule has 1 aromatic rings. The maximum atomic E-state index is 10.9. The number of benzene rings is 1. The zero-order valence-electron chi connectivity index (χ0n) is 6.16. The Morgan fingerprint density at radius 2 is 2.27 bits per heavy atom. The molecule has 3 nitrogen and oxygen atoms in total. The van der Waals surface area contributed by atoms with Crippen LogP contribution in [0.15, 0.2) is 24.3 Å². The maximum absolute atomic E-state index is 10.9. The number of rotatable bonds is 1. The van der Waals surface area contributed by atoms with Gasteiger partial charge in [-0.1, -0.05) is 6.07 Å². The number of carbonyl (C=O) groups is 1. The molecule has 2 N–H and O–H groups in total. The first-order valence-corrected chi connectivity index (χ1v) is 3.25. The van der Waals surface area contributed by atoms with Gasteiger partial charge in [-0.05, 0) is 18.2 Å². The average molecular weight is 151 g/mol. The summed E-state index contributed by atoms with van der Waals surface area (Å²) in [5.41, 5.74) is 0.465. The lowest BCUT2D eigenvalue weighted by atomic mass is 10.2. The second-order valence-corrected chi connectivity index (χ2v) is 2.13. The summed E-state index contributed by atoms with van der Waals surface area (Å²) in [4.78, 5) is 10.9. The molecule has 0 heterocycles. The van der Waals surface area contributed by atoms with Crippen LogP contribution in [0, 0.1) is 0 Å². The van der Waals surface area contributed by atoms with Gasteiger partial charge in [0.15, 0.2) is 0 Å². The van der Waals surface area contributed by atoms with Crippen LogP contribution < -0.4 is 5.32 Å². The highest BCUT2D eigenvalue weighted by Gasteiger charge is 2.01. The molecule has 1 amide bonds. The summed E-state index contributed by atoms with van der Waals surface area (Å²) in [5, 5.41) is 11.4. The van der Waals surface area contributed by atoms with Crippen molar-refractivity contribution in [3.8, 4) is 5.75 Å². The van der Waals surface area contributed by atoms with Gasteiger partial charge in [0, 0.05) is 12.6 Å². The van der Waals surface area contributed by atoms with Crippen LogP contribution in [0.3, 0.4) is 0 Å². The van der Waals surface area contributed by atoms with Crippen molar-refractivity contribution in [1.82, 2.24) is 5.32 Å². The standard InChI is InChI=1S/C8H9NO2/c1-9-8(11)6-3-2-4-7(10)5-6/h2-5,10H,1H3,(H,9,11). The molecule has 0 unspecified atom stereocenters. The highest BCUT2D eigenvalue weighted by Crippen LogP contribution is 2.09. The van der Waals surface area contributed by atoms with Gasteiger partial charge in [0.2, 0.25) is 0 Å². The van der Waals surface area contributed by atoms with E-state index in [1.165, 1.54) is 12.1 Å². The van der Waals surface area contributed by atoms with Crippen LogP contribution in [0.25, 0.3) is 0 Å². The number of phenols is 1. The zero-order valence-corrected chi connectivity index (χ0v) is 6.16. The average Bonchev–Trinajstić information content (AvgIpc) is 2.03. The fourth-order valence-electron chi connectivity index (χ4n) is 0.791. The summed E-state index contributed by atoms with van der Waals surface area (Å²) >= 11 is 0. The number of carbonyl (C=O) groups excluding carboxylic acids is 1. The molecule has 11 heavy (non-hydrogen) atoms. The Morgan fingerprint density at radius 1 is 1.55 bits per heavy atom. The highest BCUT2D eigenvalue weighted by molar-refractivity contribution is 5.94. The lowest BCUT2D eigenvalue weighted by Crippen LogP contribution is -2.17. The van der Waals surface area contributed by atoms with Crippen LogP contribution in [0.5, 0.6) is 5.75 Å². The van der Waals surface area contributed by atoms with E-state index >= 15 is 0 Å². The summed E-state index contributed by atoms with van der Waals surface area (Å²) in [6.45, 7) is 0. The van der Waals surface area contributed by atoms with E-state index in [1.807, 2.05) is 0 Å². The van der Waals surface area contributed by atoms with Crippen molar-refractivity contribution < 1.29 is 9.90 Å². The summed E-state index contributed by atoms with van der Waals surface area (Å²) in [6.07, 6.45) is 0. The summed E-state index contributed by atoms with van der Waals surface area (Å²) in [5.74, 6) is -0.0907. The molecule has 0 fully saturated rings. The highest BCUT2D eigenvalue weighted by atomic mass is 16.3. The zero-order chi connectivity index (χ0) is 8.27. The van der Waals surface area contributed by atoms with Gasteiger partial charge in [-0.25, -0.2) is 0 Å². The lowest BCUT2D eigenvalue weighted by Gasteiger charge is -1.98. The minimum atomic E-state index is -0.194. The normalized spacial score (nSPS) is 9.18. The Bertz CT molecular complexity index is 271. The molecule has 3 heteroatoms. The number of aromatic hydroxyl groups is 1. The van der Waals surface area contributed by atoms with Crippen molar-refractivity contribution in [2.75, 3.05) is 7.05 Å².